The van der Waals surface area contributed by atoms with E-state index in [1.54, 1.807) is 6.07 Å². The van der Waals surface area contributed by atoms with Crippen molar-refractivity contribution in [2.45, 2.75) is 30.6 Å². The molecule has 1 nitrogen and oxygen atoms in total. The lowest BCUT2D eigenvalue weighted by Gasteiger charge is -2.33. The Morgan fingerprint density at radius 2 is 2.29 bits per heavy atom. The second-order valence-corrected chi connectivity index (χ2v) is 7.11. The number of nitrogens with one attached hydrogen (secondary N) is 1. The monoisotopic (exact) mass is 317 g/mol. The first-order valence-electron chi connectivity index (χ1n) is 5.83. The third kappa shape index (κ3) is 2.54. The van der Waals surface area contributed by atoms with E-state index in [1.807, 2.05) is 30.9 Å². The van der Waals surface area contributed by atoms with E-state index >= 15 is 0 Å². The highest BCUT2D eigenvalue weighted by atomic mass is 79.9. The summed E-state index contributed by atoms with van der Waals surface area (Å²) in [5, 5.41) is 3.29. The Bertz CT molecular complexity index is 404. The molecule has 1 fully saturated rings. The molecule has 0 bridgehead atoms. The Balaban J connectivity index is 2.38. The molecule has 1 aromatic carbocycles. The van der Waals surface area contributed by atoms with Crippen molar-refractivity contribution in [2.75, 3.05) is 12.8 Å². The topological polar surface area (TPSA) is 12.0 Å². The Labute approximate surface area is 115 Å². The van der Waals surface area contributed by atoms with Crippen LogP contribution in [0.3, 0.4) is 0 Å². The Kier molecular flexibility index (Phi) is 4.16. The van der Waals surface area contributed by atoms with Crippen molar-refractivity contribution < 1.29 is 4.39 Å². The third-order valence-corrected chi connectivity index (χ3v) is 5.65. The van der Waals surface area contributed by atoms with E-state index in [-0.39, 0.29) is 16.6 Å². The zero-order valence-electron chi connectivity index (χ0n) is 10.1. The number of rotatable bonds is 3. The minimum Gasteiger partial charge on any atom is -0.312 e. The van der Waals surface area contributed by atoms with E-state index in [0.29, 0.717) is 4.47 Å². The van der Waals surface area contributed by atoms with E-state index in [9.17, 15) is 4.39 Å². The zero-order valence-corrected chi connectivity index (χ0v) is 12.5. The number of halogens is 2. The molecule has 1 aliphatic rings. The molecular weight excluding hydrogens is 301 g/mol. The molecule has 94 valence electrons. The van der Waals surface area contributed by atoms with Crippen molar-refractivity contribution >= 4 is 27.7 Å². The normalized spacial score (nSPS) is 26.1. The molecule has 17 heavy (non-hydrogen) atoms. The molecule has 2 rings (SSSR count). The van der Waals surface area contributed by atoms with Crippen LogP contribution in [0, 0.1) is 5.82 Å². The van der Waals surface area contributed by atoms with Crippen molar-refractivity contribution in [3.8, 4) is 0 Å². The minimum absolute atomic E-state index is 0.0625. The lowest BCUT2D eigenvalue weighted by Crippen LogP contribution is -2.36. The average molecular weight is 318 g/mol. The summed E-state index contributed by atoms with van der Waals surface area (Å²) >= 11 is 5.20. The van der Waals surface area contributed by atoms with Crippen LogP contribution in [0.1, 0.15) is 31.4 Å². The Morgan fingerprint density at radius 1 is 1.53 bits per heavy atom. The fourth-order valence-corrected chi connectivity index (χ4v) is 4.40. The van der Waals surface area contributed by atoms with Crippen molar-refractivity contribution in [1.82, 2.24) is 5.32 Å². The summed E-state index contributed by atoms with van der Waals surface area (Å²) in [7, 11) is 1.91. The van der Waals surface area contributed by atoms with Crippen LogP contribution in [0.2, 0.25) is 0 Å². The van der Waals surface area contributed by atoms with Gasteiger partial charge in [0, 0.05) is 16.4 Å². The summed E-state index contributed by atoms with van der Waals surface area (Å²) in [4.78, 5) is 0. The first kappa shape index (κ1) is 13.4. The van der Waals surface area contributed by atoms with Crippen LogP contribution in [0.4, 0.5) is 4.39 Å². The van der Waals surface area contributed by atoms with Gasteiger partial charge in [-0.2, -0.15) is 11.8 Å². The van der Waals surface area contributed by atoms with Crippen molar-refractivity contribution in [3.05, 3.63) is 34.1 Å². The van der Waals surface area contributed by atoms with E-state index in [2.05, 4.69) is 28.2 Å². The average Bonchev–Trinajstić information content (AvgIpc) is 2.73. The second-order valence-electron chi connectivity index (χ2n) is 4.63. The van der Waals surface area contributed by atoms with Crippen molar-refractivity contribution in [2.24, 2.45) is 0 Å². The van der Waals surface area contributed by atoms with Gasteiger partial charge in [0.05, 0.1) is 4.47 Å². The summed E-state index contributed by atoms with van der Waals surface area (Å²) in [6, 6.07) is 5.59. The molecule has 0 spiro atoms. The molecule has 1 aliphatic heterocycles. The fraction of sp³-hybridized carbons (Fsp3) is 0.538. The highest BCUT2D eigenvalue weighted by molar-refractivity contribution is 9.10. The van der Waals surface area contributed by atoms with Crippen LogP contribution in [0.5, 0.6) is 0 Å². The van der Waals surface area contributed by atoms with E-state index in [1.165, 1.54) is 12.2 Å². The SMILES string of the molecule is CNC(c1cccc(Br)c1F)C1(C)CCCS1. The van der Waals surface area contributed by atoms with Gasteiger partial charge in [-0.25, -0.2) is 4.39 Å². The number of hydrogen-bond donors (Lipinski definition) is 1. The molecule has 0 radical (unpaired) electrons. The molecular formula is C13H17BrFNS. The molecule has 4 heteroatoms. The highest BCUT2D eigenvalue weighted by Gasteiger charge is 2.39. The van der Waals surface area contributed by atoms with Crippen LogP contribution in [0.15, 0.2) is 22.7 Å². The van der Waals surface area contributed by atoms with Gasteiger partial charge in [-0.1, -0.05) is 12.1 Å². The summed E-state index contributed by atoms with van der Waals surface area (Å²) in [6.07, 6.45) is 2.35. The van der Waals surface area contributed by atoms with Crippen LogP contribution in [0.25, 0.3) is 0 Å². The summed E-state index contributed by atoms with van der Waals surface area (Å²) in [6.45, 7) is 2.23. The number of hydrogen-bond acceptors (Lipinski definition) is 2. The van der Waals surface area contributed by atoms with Gasteiger partial charge in [0.25, 0.3) is 0 Å². The zero-order chi connectivity index (χ0) is 12.5. The van der Waals surface area contributed by atoms with Crippen LogP contribution in [-0.4, -0.2) is 17.5 Å². The lowest BCUT2D eigenvalue weighted by molar-refractivity contribution is 0.423. The molecule has 0 aromatic heterocycles. The van der Waals surface area contributed by atoms with Gasteiger partial charge >= 0.3 is 0 Å². The maximum atomic E-state index is 14.2. The predicted octanol–water partition coefficient (Wildman–Crippen LogP) is 4.13. The maximum absolute atomic E-state index is 14.2. The van der Waals surface area contributed by atoms with Gasteiger partial charge in [0.15, 0.2) is 0 Å². The molecule has 1 N–H and O–H groups in total. The van der Waals surface area contributed by atoms with Crippen LogP contribution >= 0.6 is 27.7 Å². The van der Waals surface area contributed by atoms with Gasteiger partial charge in [0.1, 0.15) is 5.82 Å². The van der Waals surface area contributed by atoms with E-state index in [0.717, 1.165) is 12.0 Å². The van der Waals surface area contributed by atoms with E-state index < -0.39 is 0 Å². The standard InChI is InChI=1S/C13H17BrFNS/c1-13(7-4-8-17-13)12(16-2)9-5-3-6-10(14)11(9)15/h3,5-6,12,16H,4,7-8H2,1-2H3. The molecule has 1 aromatic rings. The molecule has 0 saturated carbocycles. The first-order chi connectivity index (χ1) is 8.08. The Morgan fingerprint density at radius 3 is 2.88 bits per heavy atom. The molecule has 1 heterocycles. The number of benzene rings is 1. The first-order valence-corrected chi connectivity index (χ1v) is 7.61. The van der Waals surface area contributed by atoms with Gasteiger partial charge in [-0.15, -0.1) is 0 Å². The van der Waals surface area contributed by atoms with Crippen molar-refractivity contribution in [1.29, 1.82) is 0 Å². The lowest BCUT2D eigenvalue weighted by atomic mass is 9.90. The van der Waals surface area contributed by atoms with Gasteiger partial charge in [-0.05, 0) is 54.6 Å². The molecule has 2 unspecified atom stereocenters. The largest absolute Gasteiger partial charge is 0.312 e. The second kappa shape index (κ2) is 5.29. The molecule has 1 saturated heterocycles. The van der Waals surface area contributed by atoms with Crippen LogP contribution in [-0.2, 0) is 0 Å². The summed E-state index contributed by atoms with van der Waals surface area (Å²) in [5.41, 5.74) is 0.763. The quantitative estimate of drug-likeness (QED) is 0.899. The van der Waals surface area contributed by atoms with Crippen LogP contribution < -0.4 is 5.32 Å². The number of thioether (sulfide) groups is 1. The highest BCUT2D eigenvalue weighted by Crippen LogP contribution is 2.47. The fourth-order valence-electron chi connectivity index (χ4n) is 2.56. The third-order valence-electron chi connectivity index (χ3n) is 3.44. The van der Waals surface area contributed by atoms with Gasteiger partial charge in [0.2, 0.25) is 0 Å². The molecule has 0 amide bonds. The Hall–Kier alpha value is -0.0600. The predicted molar refractivity (Wildman–Crippen MR) is 76.0 cm³/mol. The summed E-state index contributed by atoms with van der Waals surface area (Å²) in [5.74, 6) is 1.03. The molecule has 2 atom stereocenters. The van der Waals surface area contributed by atoms with Crippen molar-refractivity contribution in [3.63, 3.8) is 0 Å². The van der Waals surface area contributed by atoms with E-state index in [4.69, 9.17) is 0 Å². The minimum atomic E-state index is -0.138. The molecule has 0 aliphatic carbocycles. The summed E-state index contributed by atoms with van der Waals surface area (Å²) < 4.78 is 14.8. The smallest absolute Gasteiger partial charge is 0.142 e. The maximum Gasteiger partial charge on any atom is 0.142 e. The van der Waals surface area contributed by atoms with Gasteiger partial charge < -0.3 is 5.32 Å². The van der Waals surface area contributed by atoms with Gasteiger partial charge in [-0.3, -0.25) is 0 Å².